The number of anilines is 2. The highest BCUT2D eigenvalue weighted by atomic mass is 32.2. The second-order valence-corrected chi connectivity index (χ2v) is 13.3. The summed E-state index contributed by atoms with van der Waals surface area (Å²) in [6.07, 6.45) is 7.73. The highest BCUT2D eigenvalue weighted by Gasteiger charge is 2.27. The highest BCUT2D eigenvalue weighted by molar-refractivity contribution is 7.86. The van der Waals surface area contributed by atoms with Gasteiger partial charge in [-0.15, -0.1) is 0 Å². The average molecular weight is 651 g/mol. The van der Waals surface area contributed by atoms with Gasteiger partial charge in [0.1, 0.15) is 18.0 Å². The molecule has 1 atom stereocenters. The summed E-state index contributed by atoms with van der Waals surface area (Å²) in [6.45, 7) is 11.5. The van der Waals surface area contributed by atoms with Gasteiger partial charge in [-0.1, -0.05) is 42.5 Å². The van der Waals surface area contributed by atoms with Crippen LogP contribution in [0.5, 0.6) is 0 Å². The Bertz CT molecular complexity index is 1830. The number of rotatable bonds is 12. The summed E-state index contributed by atoms with van der Waals surface area (Å²) in [5.41, 5.74) is 4.59. The molecular weight excluding hydrogens is 611 g/mol. The van der Waals surface area contributed by atoms with E-state index in [2.05, 4.69) is 42.5 Å². The van der Waals surface area contributed by atoms with E-state index in [0.29, 0.717) is 22.3 Å². The molecule has 0 aliphatic heterocycles. The lowest BCUT2D eigenvalue weighted by molar-refractivity contribution is -0.519. The summed E-state index contributed by atoms with van der Waals surface area (Å²) >= 11 is 0. The molecule has 0 saturated heterocycles. The van der Waals surface area contributed by atoms with Crippen LogP contribution in [0, 0.1) is 0 Å². The third-order valence-electron chi connectivity index (χ3n) is 7.79. The topological polar surface area (TPSA) is 127 Å². The Hall–Kier alpha value is -4.03. The van der Waals surface area contributed by atoms with E-state index in [9.17, 15) is 25.9 Å². The fraction of sp³-hybridized carbons (Fsp3) is 0.265. The molecule has 0 aromatic heterocycles. The minimum atomic E-state index is -4.71. The van der Waals surface area contributed by atoms with Crippen LogP contribution in [0.4, 0.5) is 11.4 Å². The fourth-order valence-electron chi connectivity index (χ4n) is 5.48. The fourth-order valence-corrected chi connectivity index (χ4v) is 6.95. The van der Waals surface area contributed by atoms with E-state index in [1.165, 1.54) is 18.2 Å². The van der Waals surface area contributed by atoms with Crippen molar-refractivity contribution in [2.75, 3.05) is 36.4 Å². The van der Waals surface area contributed by atoms with Gasteiger partial charge in [0.05, 0.1) is 0 Å². The molecule has 0 heterocycles. The minimum Gasteiger partial charge on any atom is -0.372 e. The molecule has 238 valence electrons. The van der Waals surface area contributed by atoms with Gasteiger partial charge in [-0.25, -0.2) is 4.58 Å². The highest BCUT2D eigenvalue weighted by Crippen LogP contribution is 2.37. The van der Waals surface area contributed by atoms with Gasteiger partial charge in [-0.3, -0.25) is 9.11 Å². The molecule has 45 heavy (non-hydrogen) atoms. The molecule has 3 aromatic carbocycles. The zero-order chi connectivity index (χ0) is 32.8. The first kappa shape index (κ1) is 33.9. The molecule has 3 N–H and O–H groups in total. The molecule has 0 spiro atoms. The zero-order valence-corrected chi connectivity index (χ0v) is 27.5. The first-order valence-corrected chi connectivity index (χ1v) is 17.8. The summed E-state index contributed by atoms with van der Waals surface area (Å²) < 4.78 is 73.0. The summed E-state index contributed by atoms with van der Waals surface area (Å²) in [7, 11) is -9.34. The number of benzene rings is 3. The van der Waals surface area contributed by atoms with Crippen molar-refractivity contribution in [2.45, 2.75) is 38.0 Å². The Morgan fingerprint density at radius 3 is 1.91 bits per heavy atom. The molecule has 1 aliphatic rings. The minimum absolute atomic E-state index is 0.163. The van der Waals surface area contributed by atoms with E-state index >= 15 is 0 Å². The molecule has 0 saturated carbocycles. The van der Waals surface area contributed by atoms with Crippen LogP contribution in [0.3, 0.4) is 0 Å². The Morgan fingerprint density at radius 2 is 1.40 bits per heavy atom. The van der Waals surface area contributed by atoms with Gasteiger partial charge in [-0.2, -0.15) is 16.8 Å². The summed E-state index contributed by atoms with van der Waals surface area (Å²) in [6, 6.07) is 20.0. The average Bonchev–Trinajstić information content (AvgIpc) is 3.02. The van der Waals surface area contributed by atoms with Crippen molar-refractivity contribution in [1.82, 2.24) is 0 Å². The van der Waals surface area contributed by atoms with Gasteiger partial charge in [-0.05, 0) is 92.5 Å². The van der Waals surface area contributed by atoms with Crippen molar-refractivity contribution in [2.24, 2.45) is 0 Å². The van der Waals surface area contributed by atoms with Crippen molar-refractivity contribution in [3.63, 3.8) is 0 Å². The summed E-state index contributed by atoms with van der Waals surface area (Å²) in [5.74, 6) is 0. The van der Waals surface area contributed by atoms with Crippen LogP contribution < -0.4 is 10.2 Å². The third-order valence-corrected chi connectivity index (χ3v) is 9.69. The predicted molar refractivity (Wildman–Crippen MR) is 181 cm³/mol. The Morgan fingerprint density at radius 1 is 0.800 bits per heavy atom. The van der Waals surface area contributed by atoms with E-state index in [1.807, 2.05) is 48.6 Å². The SMILES string of the molecule is CCN(CC)c1ccc(C(=C2C=CC(=[N+](CC)CC)C=C2)c2cc(NC(c3ccccc3)S(=O)(=O)O)ccc2S(=O)(=O)O)cc1. The largest absolute Gasteiger partial charge is 0.372 e. The molecule has 1 aliphatic carbocycles. The molecule has 0 radical (unpaired) electrons. The van der Waals surface area contributed by atoms with Crippen molar-refractivity contribution >= 4 is 42.9 Å². The maximum absolute atomic E-state index is 12.7. The Balaban J connectivity index is 1.97. The van der Waals surface area contributed by atoms with Crippen LogP contribution >= 0.6 is 0 Å². The molecule has 0 fully saturated rings. The van der Waals surface area contributed by atoms with Crippen molar-refractivity contribution in [3.05, 3.63) is 119 Å². The van der Waals surface area contributed by atoms with Gasteiger partial charge < -0.3 is 10.2 Å². The first-order chi connectivity index (χ1) is 21.4. The monoisotopic (exact) mass is 650 g/mol. The molecule has 11 heteroatoms. The van der Waals surface area contributed by atoms with Crippen molar-refractivity contribution < 1.29 is 30.5 Å². The Labute approximate surface area is 266 Å². The number of hydrogen-bond donors (Lipinski definition) is 3. The standard InChI is InChI=1S/C34H39N3O6S2/c1-5-36(6-2)29-19-14-25(15-20-29)33(26-16-21-30(22-17-26)37(7-3)8-4)31-24-28(18-23-32(31)44(38,39)40)35-34(45(41,42)43)27-12-10-9-11-13-27/h9-24,34-35H,5-8H2,1-4H3,(H-,38,39,40,41,42,43)/p+1. The summed E-state index contributed by atoms with van der Waals surface area (Å²) in [4.78, 5) is 1.85. The van der Waals surface area contributed by atoms with Crippen LogP contribution in [0.2, 0.25) is 0 Å². The second-order valence-electron chi connectivity index (χ2n) is 10.4. The number of hydrogen-bond acceptors (Lipinski definition) is 6. The van der Waals surface area contributed by atoms with Gasteiger partial charge in [0, 0.05) is 42.2 Å². The lowest BCUT2D eigenvalue weighted by Gasteiger charge is -2.23. The van der Waals surface area contributed by atoms with Gasteiger partial charge in [0.15, 0.2) is 11.1 Å². The zero-order valence-electron chi connectivity index (χ0n) is 25.9. The van der Waals surface area contributed by atoms with Gasteiger partial charge in [0.2, 0.25) is 0 Å². The van der Waals surface area contributed by atoms with E-state index in [1.54, 1.807) is 30.3 Å². The molecule has 3 aromatic rings. The van der Waals surface area contributed by atoms with E-state index < -0.39 is 25.6 Å². The maximum atomic E-state index is 12.7. The van der Waals surface area contributed by atoms with Crippen LogP contribution in [-0.2, 0) is 20.2 Å². The van der Waals surface area contributed by atoms with Gasteiger partial charge >= 0.3 is 0 Å². The van der Waals surface area contributed by atoms with E-state index in [-0.39, 0.29) is 16.1 Å². The molecule has 9 nitrogen and oxygen atoms in total. The first-order valence-electron chi connectivity index (χ1n) is 14.9. The Kier molecular flexibility index (Phi) is 10.8. The molecule has 1 unspecified atom stereocenters. The van der Waals surface area contributed by atoms with Crippen molar-refractivity contribution in [3.8, 4) is 0 Å². The predicted octanol–water partition coefficient (Wildman–Crippen LogP) is 6.20. The molecule has 4 rings (SSSR count). The van der Waals surface area contributed by atoms with Crippen LogP contribution in [0.1, 0.15) is 49.8 Å². The normalized spacial score (nSPS) is 13.9. The second kappa shape index (κ2) is 14.4. The maximum Gasteiger partial charge on any atom is 0.295 e. The quantitative estimate of drug-likeness (QED) is 0.156. The van der Waals surface area contributed by atoms with Gasteiger partial charge in [0.25, 0.3) is 20.2 Å². The number of nitrogens with zero attached hydrogens (tertiary/aromatic N) is 2. The van der Waals surface area contributed by atoms with E-state index in [4.69, 9.17) is 0 Å². The summed E-state index contributed by atoms with van der Waals surface area (Å²) in [5, 5.41) is 1.33. The lowest BCUT2D eigenvalue weighted by Crippen LogP contribution is -2.21. The van der Waals surface area contributed by atoms with Crippen LogP contribution in [-0.4, -0.2) is 62.4 Å². The lowest BCUT2D eigenvalue weighted by atomic mass is 9.90. The number of allylic oxidation sites excluding steroid dienone is 5. The molecule has 0 bridgehead atoms. The van der Waals surface area contributed by atoms with Crippen molar-refractivity contribution in [1.29, 1.82) is 0 Å². The van der Waals surface area contributed by atoms with E-state index in [0.717, 1.165) is 37.6 Å². The molecular formula is C34H40N3O6S2+. The number of nitrogens with one attached hydrogen (secondary N) is 1. The molecule has 0 amide bonds. The third kappa shape index (κ3) is 7.98. The smallest absolute Gasteiger partial charge is 0.295 e. The van der Waals surface area contributed by atoms with Crippen LogP contribution in [0.15, 0.2) is 108 Å². The van der Waals surface area contributed by atoms with Crippen LogP contribution in [0.25, 0.3) is 5.57 Å².